The molecule has 1 amide bonds. The first-order chi connectivity index (χ1) is 8.22. The van der Waals surface area contributed by atoms with Crippen molar-refractivity contribution in [1.29, 1.82) is 0 Å². The van der Waals surface area contributed by atoms with E-state index < -0.39 is 29.3 Å². The molecule has 6 heteroatoms. The van der Waals surface area contributed by atoms with Crippen molar-refractivity contribution in [3.8, 4) is 0 Å². The van der Waals surface area contributed by atoms with Gasteiger partial charge < -0.3 is 14.6 Å². The Balaban J connectivity index is 2.10. The van der Waals surface area contributed by atoms with E-state index in [1.54, 1.807) is 20.8 Å². The Morgan fingerprint density at radius 2 is 2.06 bits per heavy atom. The quantitative estimate of drug-likeness (QED) is 0.764. The third kappa shape index (κ3) is 2.43. The Kier molecular flexibility index (Phi) is 3.01. The number of rotatable bonds is 1. The highest BCUT2D eigenvalue weighted by molar-refractivity contribution is 5.81. The van der Waals surface area contributed by atoms with Crippen molar-refractivity contribution in [2.45, 2.75) is 50.9 Å². The van der Waals surface area contributed by atoms with Crippen LogP contribution in [0.4, 0.5) is 4.79 Å². The van der Waals surface area contributed by atoms with E-state index in [1.165, 1.54) is 4.90 Å². The second-order valence-electron chi connectivity index (χ2n) is 5.95. The molecule has 2 fully saturated rings. The van der Waals surface area contributed by atoms with E-state index in [0.717, 1.165) is 6.42 Å². The Morgan fingerprint density at radius 1 is 1.44 bits per heavy atom. The highest BCUT2D eigenvalue weighted by Gasteiger charge is 2.54. The number of amides is 1. The molecular formula is C12H19NO5. The van der Waals surface area contributed by atoms with Crippen LogP contribution >= 0.6 is 0 Å². The number of hydrogen-bond acceptors (Lipinski definition) is 4. The Labute approximate surface area is 106 Å². The highest BCUT2D eigenvalue weighted by atomic mass is 16.6. The van der Waals surface area contributed by atoms with E-state index in [4.69, 9.17) is 9.47 Å². The van der Waals surface area contributed by atoms with E-state index in [2.05, 4.69) is 0 Å². The summed E-state index contributed by atoms with van der Waals surface area (Å²) >= 11 is 0. The lowest BCUT2D eigenvalue weighted by Gasteiger charge is -2.38. The van der Waals surface area contributed by atoms with Crippen LogP contribution in [0, 0.1) is 0 Å². The van der Waals surface area contributed by atoms with Crippen molar-refractivity contribution < 1.29 is 24.2 Å². The zero-order valence-electron chi connectivity index (χ0n) is 10.9. The molecule has 2 aliphatic heterocycles. The molecular weight excluding hydrogens is 238 g/mol. The molecule has 0 aliphatic carbocycles. The molecule has 0 aromatic carbocycles. The molecule has 2 saturated heterocycles. The summed E-state index contributed by atoms with van der Waals surface area (Å²) in [6.07, 6.45) is 0.569. The Bertz CT molecular complexity index is 369. The maximum atomic E-state index is 12.0. The molecule has 2 atom stereocenters. The monoisotopic (exact) mass is 257 g/mol. The van der Waals surface area contributed by atoms with Gasteiger partial charge in [-0.3, -0.25) is 4.90 Å². The third-order valence-electron chi connectivity index (χ3n) is 3.28. The van der Waals surface area contributed by atoms with E-state index in [1.807, 2.05) is 0 Å². The molecule has 102 valence electrons. The number of carboxylic acids is 1. The molecule has 0 aromatic rings. The number of carbonyl (C=O) groups is 2. The van der Waals surface area contributed by atoms with Gasteiger partial charge in [-0.05, 0) is 20.8 Å². The van der Waals surface area contributed by atoms with Crippen LogP contribution in [0.3, 0.4) is 0 Å². The molecule has 0 bridgehead atoms. The molecule has 2 heterocycles. The van der Waals surface area contributed by atoms with Crippen molar-refractivity contribution in [1.82, 2.24) is 4.90 Å². The first kappa shape index (κ1) is 13.1. The van der Waals surface area contributed by atoms with Crippen molar-refractivity contribution in [3.05, 3.63) is 0 Å². The number of aliphatic carboxylic acids is 1. The highest BCUT2D eigenvalue weighted by Crippen LogP contribution is 2.39. The van der Waals surface area contributed by atoms with Crippen LogP contribution in [0.25, 0.3) is 0 Å². The molecule has 2 rings (SSSR count). The van der Waals surface area contributed by atoms with E-state index in [9.17, 15) is 14.7 Å². The van der Waals surface area contributed by atoms with Gasteiger partial charge >= 0.3 is 12.1 Å². The smallest absolute Gasteiger partial charge is 0.411 e. The lowest BCUT2D eigenvalue weighted by molar-refractivity contribution is -0.145. The average molecular weight is 257 g/mol. The summed E-state index contributed by atoms with van der Waals surface area (Å²) in [5, 5.41) is 9.18. The summed E-state index contributed by atoms with van der Waals surface area (Å²) in [6.45, 7) is 6.21. The number of carbonyl (C=O) groups excluding carboxylic acids is 1. The minimum absolute atomic E-state index is 0.304. The maximum Gasteiger partial charge on any atom is 0.411 e. The second kappa shape index (κ2) is 4.12. The molecule has 0 saturated carbocycles. The molecule has 6 nitrogen and oxygen atoms in total. The van der Waals surface area contributed by atoms with Gasteiger partial charge in [-0.2, -0.15) is 0 Å². The van der Waals surface area contributed by atoms with Crippen LogP contribution in [0.2, 0.25) is 0 Å². The number of carboxylic acid groups (broad SMARTS) is 1. The fourth-order valence-electron chi connectivity index (χ4n) is 2.36. The van der Waals surface area contributed by atoms with Gasteiger partial charge in [0.15, 0.2) is 0 Å². The summed E-state index contributed by atoms with van der Waals surface area (Å²) in [7, 11) is 0. The molecule has 2 aliphatic rings. The number of ether oxygens (including phenoxy) is 2. The minimum Gasteiger partial charge on any atom is -0.480 e. The minimum atomic E-state index is -1.01. The zero-order chi connectivity index (χ0) is 13.6. The van der Waals surface area contributed by atoms with Gasteiger partial charge in [0, 0.05) is 12.8 Å². The largest absolute Gasteiger partial charge is 0.480 e. The number of hydrogen-bond donors (Lipinski definition) is 1. The average Bonchev–Trinajstić information content (AvgIpc) is 2.54. The summed E-state index contributed by atoms with van der Waals surface area (Å²) in [5.41, 5.74) is -1.09. The van der Waals surface area contributed by atoms with Gasteiger partial charge in [0.05, 0.1) is 18.8 Å². The predicted octanol–water partition coefficient (Wildman–Crippen LogP) is 1.24. The topological polar surface area (TPSA) is 76.1 Å². The molecule has 18 heavy (non-hydrogen) atoms. The summed E-state index contributed by atoms with van der Waals surface area (Å²) < 4.78 is 10.7. The molecule has 0 unspecified atom stereocenters. The normalized spacial score (nSPS) is 31.3. The van der Waals surface area contributed by atoms with Crippen LogP contribution in [0.5, 0.6) is 0 Å². The first-order valence-electron chi connectivity index (χ1n) is 6.09. The van der Waals surface area contributed by atoms with Gasteiger partial charge in [0.25, 0.3) is 0 Å². The van der Waals surface area contributed by atoms with Gasteiger partial charge in [-0.25, -0.2) is 9.59 Å². The molecule has 1 N–H and O–H groups in total. The van der Waals surface area contributed by atoms with Crippen molar-refractivity contribution >= 4 is 12.1 Å². The fourth-order valence-corrected chi connectivity index (χ4v) is 2.36. The van der Waals surface area contributed by atoms with Crippen LogP contribution in [0.1, 0.15) is 33.6 Å². The van der Waals surface area contributed by atoms with Crippen LogP contribution in [0.15, 0.2) is 0 Å². The first-order valence-corrected chi connectivity index (χ1v) is 6.09. The van der Waals surface area contributed by atoms with Crippen molar-refractivity contribution in [3.63, 3.8) is 0 Å². The third-order valence-corrected chi connectivity index (χ3v) is 3.28. The van der Waals surface area contributed by atoms with Crippen molar-refractivity contribution in [2.75, 3.05) is 13.2 Å². The molecule has 1 spiro atoms. The lowest BCUT2D eigenvalue weighted by Crippen LogP contribution is -2.47. The van der Waals surface area contributed by atoms with Gasteiger partial charge in [0.1, 0.15) is 11.6 Å². The maximum absolute atomic E-state index is 12.0. The van der Waals surface area contributed by atoms with E-state index in [-0.39, 0.29) is 0 Å². The van der Waals surface area contributed by atoms with Crippen LogP contribution < -0.4 is 0 Å². The van der Waals surface area contributed by atoms with Crippen LogP contribution in [-0.4, -0.2) is 52.5 Å². The summed E-state index contributed by atoms with van der Waals surface area (Å²) in [5.74, 6) is -1.01. The zero-order valence-corrected chi connectivity index (χ0v) is 10.9. The van der Waals surface area contributed by atoms with Gasteiger partial charge in [-0.1, -0.05) is 0 Å². The van der Waals surface area contributed by atoms with Gasteiger partial charge in [-0.15, -0.1) is 0 Å². The van der Waals surface area contributed by atoms with Crippen molar-refractivity contribution in [2.24, 2.45) is 0 Å². The second-order valence-corrected chi connectivity index (χ2v) is 5.95. The molecule has 0 aromatic heterocycles. The number of nitrogens with zero attached hydrogens (tertiary/aromatic N) is 1. The van der Waals surface area contributed by atoms with E-state index >= 15 is 0 Å². The lowest BCUT2D eigenvalue weighted by atomic mass is 9.92. The Morgan fingerprint density at radius 3 is 2.44 bits per heavy atom. The summed E-state index contributed by atoms with van der Waals surface area (Å²) in [6, 6.07) is -0.847. The summed E-state index contributed by atoms with van der Waals surface area (Å²) in [4.78, 5) is 24.5. The van der Waals surface area contributed by atoms with Gasteiger partial charge in [0.2, 0.25) is 0 Å². The standard InChI is InChI=1S/C12H19NO5/c1-11(2,3)18-10(16)13-7-12(4-5-17-12)6-8(13)9(14)15/h8H,4-7H2,1-3H3,(H,14,15)/t8-,12-/m0/s1. The van der Waals surface area contributed by atoms with Crippen LogP contribution in [-0.2, 0) is 14.3 Å². The molecule has 0 radical (unpaired) electrons. The number of likely N-dealkylation sites (tertiary alicyclic amines) is 1. The predicted molar refractivity (Wildman–Crippen MR) is 62.3 cm³/mol. The Hall–Kier alpha value is -1.30. The van der Waals surface area contributed by atoms with E-state index in [0.29, 0.717) is 19.6 Å². The SMILES string of the molecule is CC(C)(C)OC(=O)N1C[C@]2(CCO2)C[C@H]1C(=O)O. The fraction of sp³-hybridized carbons (Fsp3) is 0.833.